The number of nitrogens with zero attached hydrogens (tertiary/aromatic N) is 1. The van der Waals surface area contributed by atoms with Crippen molar-refractivity contribution < 1.29 is 14.6 Å². The molecule has 0 saturated heterocycles. The SMILES string of the molecule is CCOC(=O)CN(CC(C)(O)CC)C1CC1. The van der Waals surface area contributed by atoms with Gasteiger partial charge in [0.15, 0.2) is 0 Å². The van der Waals surface area contributed by atoms with Gasteiger partial charge in [-0.05, 0) is 33.1 Å². The number of esters is 1. The van der Waals surface area contributed by atoms with Gasteiger partial charge < -0.3 is 9.84 Å². The van der Waals surface area contributed by atoms with Crippen molar-refractivity contribution in [3.8, 4) is 0 Å². The Balaban J connectivity index is 2.45. The van der Waals surface area contributed by atoms with Gasteiger partial charge in [0.25, 0.3) is 0 Å². The highest BCUT2D eigenvalue weighted by Gasteiger charge is 2.34. The minimum absolute atomic E-state index is 0.193. The van der Waals surface area contributed by atoms with E-state index in [2.05, 4.69) is 0 Å². The smallest absolute Gasteiger partial charge is 0.320 e. The second-order valence-corrected chi connectivity index (χ2v) is 4.79. The Morgan fingerprint density at radius 1 is 1.50 bits per heavy atom. The van der Waals surface area contributed by atoms with Crippen LogP contribution < -0.4 is 0 Å². The molecule has 94 valence electrons. The van der Waals surface area contributed by atoms with Crippen LogP contribution in [0.25, 0.3) is 0 Å². The highest BCUT2D eigenvalue weighted by atomic mass is 16.5. The van der Waals surface area contributed by atoms with Crippen LogP contribution in [-0.4, -0.2) is 47.3 Å². The summed E-state index contributed by atoms with van der Waals surface area (Å²) in [4.78, 5) is 13.5. The Hall–Kier alpha value is -0.610. The minimum atomic E-state index is -0.713. The van der Waals surface area contributed by atoms with E-state index >= 15 is 0 Å². The number of carbonyl (C=O) groups is 1. The first-order chi connectivity index (χ1) is 7.48. The Morgan fingerprint density at radius 2 is 2.12 bits per heavy atom. The number of hydrogen-bond acceptors (Lipinski definition) is 4. The lowest BCUT2D eigenvalue weighted by atomic mass is 10.0. The lowest BCUT2D eigenvalue weighted by Crippen LogP contribution is -2.44. The molecule has 0 heterocycles. The summed E-state index contributed by atoms with van der Waals surface area (Å²) in [6.45, 7) is 6.84. The zero-order chi connectivity index (χ0) is 12.2. The molecule has 16 heavy (non-hydrogen) atoms. The van der Waals surface area contributed by atoms with Crippen molar-refractivity contribution in [1.29, 1.82) is 0 Å². The third kappa shape index (κ3) is 4.49. The van der Waals surface area contributed by atoms with Crippen LogP contribution in [0.5, 0.6) is 0 Å². The van der Waals surface area contributed by atoms with Gasteiger partial charge in [0.1, 0.15) is 0 Å². The van der Waals surface area contributed by atoms with Gasteiger partial charge in [-0.3, -0.25) is 9.69 Å². The van der Waals surface area contributed by atoms with Crippen LogP contribution in [0.3, 0.4) is 0 Å². The molecule has 1 rings (SSSR count). The molecule has 0 aliphatic heterocycles. The molecule has 1 aliphatic carbocycles. The van der Waals surface area contributed by atoms with E-state index in [1.54, 1.807) is 0 Å². The monoisotopic (exact) mass is 229 g/mol. The first-order valence-electron chi connectivity index (χ1n) is 6.10. The average Bonchev–Trinajstić information content (AvgIpc) is 3.00. The molecule has 0 spiro atoms. The fourth-order valence-corrected chi connectivity index (χ4v) is 1.68. The Labute approximate surface area is 97.6 Å². The summed E-state index contributed by atoms with van der Waals surface area (Å²) < 4.78 is 4.94. The molecule has 4 heteroatoms. The molecule has 0 bridgehead atoms. The summed E-state index contributed by atoms with van der Waals surface area (Å²) in [6, 6.07) is 0.461. The van der Waals surface area contributed by atoms with Gasteiger partial charge in [-0.1, -0.05) is 6.92 Å². The summed E-state index contributed by atoms with van der Waals surface area (Å²) in [7, 11) is 0. The summed E-state index contributed by atoms with van der Waals surface area (Å²) in [6.07, 6.45) is 2.94. The van der Waals surface area contributed by atoms with Crippen molar-refractivity contribution in [3.05, 3.63) is 0 Å². The van der Waals surface area contributed by atoms with Crippen molar-refractivity contribution in [2.24, 2.45) is 0 Å². The van der Waals surface area contributed by atoms with Gasteiger partial charge in [-0.15, -0.1) is 0 Å². The normalized spacial score (nSPS) is 19.6. The number of carbonyl (C=O) groups excluding carboxylic acids is 1. The van der Waals surface area contributed by atoms with E-state index in [1.165, 1.54) is 0 Å². The molecule has 1 fully saturated rings. The molecule has 1 atom stereocenters. The van der Waals surface area contributed by atoms with Crippen molar-refractivity contribution in [3.63, 3.8) is 0 Å². The molecule has 0 aromatic rings. The minimum Gasteiger partial charge on any atom is -0.465 e. The van der Waals surface area contributed by atoms with E-state index in [-0.39, 0.29) is 5.97 Å². The zero-order valence-corrected chi connectivity index (χ0v) is 10.5. The van der Waals surface area contributed by atoms with Gasteiger partial charge in [0.05, 0.1) is 18.8 Å². The van der Waals surface area contributed by atoms with E-state index in [0.29, 0.717) is 32.2 Å². The van der Waals surface area contributed by atoms with Gasteiger partial charge in [0, 0.05) is 12.6 Å². The van der Waals surface area contributed by atoms with Crippen LogP contribution in [0.2, 0.25) is 0 Å². The molecule has 1 N–H and O–H groups in total. The number of aliphatic hydroxyl groups is 1. The van der Waals surface area contributed by atoms with Gasteiger partial charge in [0.2, 0.25) is 0 Å². The Kier molecular flexibility index (Phi) is 4.74. The number of ether oxygens (including phenoxy) is 1. The summed E-state index contributed by atoms with van der Waals surface area (Å²) in [5, 5.41) is 10.0. The number of hydrogen-bond donors (Lipinski definition) is 1. The molecule has 0 radical (unpaired) electrons. The van der Waals surface area contributed by atoms with Crippen LogP contribution in [0.15, 0.2) is 0 Å². The summed E-state index contributed by atoms with van der Waals surface area (Å²) in [5.74, 6) is -0.193. The maximum absolute atomic E-state index is 11.4. The van der Waals surface area contributed by atoms with Crippen molar-refractivity contribution in [2.45, 2.75) is 51.7 Å². The molecule has 0 aromatic carbocycles. The molecule has 0 amide bonds. The summed E-state index contributed by atoms with van der Waals surface area (Å²) in [5.41, 5.74) is -0.713. The van der Waals surface area contributed by atoms with Crippen LogP contribution in [0.4, 0.5) is 0 Å². The molecular weight excluding hydrogens is 206 g/mol. The van der Waals surface area contributed by atoms with Crippen molar-refractivity contribution in [1.82, 2.24) is 4.90 Å². The maximum Gasteiger partial charge on any atom is 0.320 e. The molecule has 1 saturated carbocycles. The van der Waals surface area contributed by atoms with Gasteiger partial charge in [-0.25, -0.2) is 0 Å². The predicted octanol–water partition coefficient (Wildman–Crippen LogP) is 1.17. The first-order valence-corrected chi connectivity index (χ1v) is 6.10. The van der Waals surface area contributed by atoms with Gasteiger partial charge in [-0.2, -0.15) is 0 Å². The molecular formula is C12H23NO3. The van der Waals surface area contributed by atoms with E-state index in [1.807, 2.05) is 25.7 Å². The van der Waals surface area contributed by atoms with Crippen LogP contribution >= 0.6 is 0 Å². The third-order valence-electron chi connectivity index (χ3n) is 3.01. The van der Waals surface area contributed by atoms with E-state index in [9.17, 15) is 9.90 Å². The van der Waals surface area contributed by atoms with Crippen LogP contribution in [0.1, 0.15) is 40.0 Å². The van der Waals surface area contributed by atoms with E-state index in [0.717, 1.165) is 12.8 Å². The zero-order valence-electron chi connectivity index (χ0n) is 10.5. The van der Waals surface area contributed by atoms with Crippen LogP contribution in [0, 0.1) is 0 Å². The van der Waals surface area contributed by atoms with Crippen LogP contribution in [-0.2, 0) is 9.53 Å². The first kappa shape index (κ1) is 13.5. The lowest BCUT2D eigenvalue weighted by molar-refractivity contribution is -0.145. The second-order valence-electron chi connectivity index (χ2n) is 4.79. The van der Waals surface area contributed by atoms with E-state index in [4.69, 9.17) is 4.74 Å². The highest BCUT2D eigenvalue weighted by Crippen LogP contribution is 2.28. The largest absolute Gasteiger partial charge is 0.465 e. The highest BCUT2D eigenvalue weighted by molar-refractivity contribution is 5.71. The standard InChI is InChI=1S/C12H23NO3/c1-4-12(3,15)9-13(10-6-7-10)8-11(14)16-5-2/h10,15H,4-9H2,1-3H3. The third-order valence-corrected chi connectivity index (χ3v) is 3.01. The second kappa shape index (κ2) is 5.64. The van der Waals surface area contributed by atoms with Crippen molar-refractivity contribution in [2.75, 3.05) is 19.7 Å². The average molecular weight is 229 g/mol. The Bertz CT molecular complexity index is 236. The van der Waals surface area contributed by atoms with Gasteiger partial charge >= 0.3 is 5.97 Å². The lowest BCUT2D eigenvalue weighted by Gasteiger charge is -2.30. The summed E-state index contributed by atoms with van der Waals surface area (Å²) >= 11 is 0. The molecule has 1 unspecified atom stereocenters. The quantitative estimate of drug-likeness (QED) is 0.666. The Morgan fingerprint density at radius 3 is 2.56 bits per heavy atom. The maximum atomic E-state index is 11.4. The predicted molar refractivity (Wildman–Crippen MR) is 62.1 cm³/mol. The fourth-order valence-electron chi connectivity index (χ4n) is 1.68. The number of rotatable bonds is 7. The molecule has 0 aromatic heterocycles. The van der Waals surface area contributed by atoms with E-state index < -0.39 is 5.60 Å². The fraction of sp³-hybridized carbons (Fsp3) is 0.917. The van der Waals surface area contributed by atoms with Crippen molar-refractivity contribution >= 4 is 5.97 Å². The topological polar surface area (TPSA) is 49.8 Å². The molecule has 4 nitrogen and oxygen atoms in total. The molecule has 1 aliphatic rings.